The second-order valence-electron chi connectivity index (χ2n) is 4.40. The van der Waals surface area contributed by atoms with E-state index in [9.17, 15) is 0 Å². The number of aromatic amines is 1. The molecule has 1 aromatic carbocycles. The molecule has 4 heteroatoms. The Bertz CT molecular complexity index is 549. The summed E-state index contributed by atoms with van der Waals surface area (Å²) in [5.41, 5.74) is 3.64. The van der Waals surface area contributed by atoms with E-state index in [-0.39, 0.29) is 0 Å². The van der Waals surface area contributed by atoms with Gasteiger partial charge in [0.2, 0.25) is 0 Å². The van der Waals surface area contributed by atoms with Crippen molar-refractivity contribution in [1.29, 1.82) is 0 Å². The van der Waals surface area contributed by atoms with E-state index in [0.717, 1.165) is 34.7 Å². The zero-order valence-electron chi connectivity index (χ0n) is 10.9. The Labute approximate surface area is 116 Å². The second-order valence-corrected chi connectivity index (χ2v) is 5.15. The monoisotopic (exact) mass is 308 g/mol. The topological polar surface area (TPSA) is 37.9 Å². The lowest BCUT2D eigenvalue weighted by molar-refractivity contribution is 0.411. The maximum absolute atomic E-state index is 5.26. The Hall–Kier alpha value is -1.29. The van der Waals surface area contributed by atoms with Crippen LogP contribution in [0.1, 0.15) is 22.6 Å². The fourth-order valence-corrected chi connectivity index (χ4v) is 2.61. The van der Waals surface area contributed by atoms with Crippen molar-refractivity contribution in [3.8, 4) is 5.75 Å². The summed E-state index contributed by atoms with van der Waals surface area (Å²) in [5, 5.41) is 0. The molecular formula is C14H17BrN2O. The molecule has 2 rings (SSSR count). The minimum absolute atomic E-state index is 0.922. The first-order chi connectivity index (χ1) is 8.60. The summed E-state index contributed by atoms with van der Waals surface area (Å²) in [4.78, 5) is 7.58. The highest BCUT2D eigenvalue weighted by molar-refractivity contribution is 9.10. The van der Waals surface area contributed by atoms with Crippen molar-refractivity contribution >= 4 is 15.9 Å². The Morgan fingerprint density at radius 1 is 1.28 bits per heavy atom. The number of H-pyrrole nitrogens is 1. The Balaban J connectivity index is 2.06. The molecule has 0 atom stereocenters. The van der Waals surface area contributed by atoms with Gasteiger partial charge in [-0.1, -0.05) is 12.1 Å². The molecule has 0 fully saturated rings. The van der Waals surface area contributed by atoms with Crippen LogP contribution >= 0.6 is 15.9 Å². The van der Waals surface area contributed by atoms with Crippen LogP contribution in [0.4, 0.5) is 0 Å². The molecule has 0 bridgehead atoms. The average Bonchev–Trinajstić information content (AvgIpc) is 2.65. The lowest BCUT2D eigenvalue weighted by Gasteiger charge is -2.07. The number of hydrogen-bond donors (Lipinski definition) is 1. The highest BCUT2D eigenvalue weighted by Crippen LogP contribution is 2.20. The predicted octanol–water partition coefficient (Wildman–Crippen LogP) is 3.58. The van der Waals surface area contributed by atoms with Crippen molar-refractivity contribution in [3.05, 3.63) is 45.4 Å². The van der Waals surface area contributed by atoms with E-state index in [1.807, 2.05) is 13.0 Å². The number of aromatic nitrogens is 2. The van der Waals surface area contributed by atoms with Gasteiger partial charge in [0.25, 0.3) is 0 Å². The van der Waals surface area contributed by atoms with Gasteiger partial charge in [-0.25, -0.2) is 4.98 Å². The van der Waals surface area contributed by atoms with E-state index in [4.69, 9.17) is 4.74 Å². The Kier molecular flexibility index (Phi) is 4.07. The van der Waals surface area contributed by atoms with Crippen LogP contribution in [0.2, 0.25) is 0 Å². The van der Waals surface area contributed by atoms with Gasteiger partial charge in [-0.05, 0) is 59.8 Å². The zero-order valence-corrected chi connectivity index (χ0v) is 12.5. The van der Waals surface area contributed by atoms with Crippen LogP contribution in [0, 0.1) is 13.8 Å². The van der Waals surface area contributed by atoms with Crippen LogP contribution in [-0.4, -0.2) is 17.1 Å². The molecule has 0 aliphatic heterocycles. The SMILES string of the molecule is COc1ccc(CCc2[nH]c(C)nc2Br)cc1C. The number of imidazole rings is 1. The molecule has 0 unspecified atom stereocenters. The van der Waals surface area contributed by atoms with Gasteiger partial charge >= 0.3 is 0 Å². The summed E-state index contributed by atoms with van der Waals surface area (Å²) < 4.78 is 6.18. The maximum atomic E-state index is 5.26. The minimum Gasteiger partial charge on any atom is -0.496 e. The molecule has 2 aromatic rings. The number of nitrogens with zero attached hydrogens (tertiary/aromatic N) is 1. The standard InChI is InChI=1S/C14H17BrN2O/c1-9-8-11(5-7-13(9)18-3)4-6-12-14(15)17-10(2)16-12/h5,7-8H,4,6H2,1-3H3,(H,16,17). The van der Waals surface area contributed by atoms with Crippen molar-refractivity contribution in [1.82, 2.24) is 9.97 Å². The fraction of sp³-hybridized carbons (Fsp3) is 0.357. The van der Waals surface area contributed by atoms with Gasteiger partial charge in [0.1, 0.15) is 16.2 Å². The molecule has 96 valence electrons. The third-order valence-corrected chi connectivity index (χ3v) is 3.63. The van der Waals surface area contributed by atoms with Gasteiger partial charge in [-0.15, -0.1) is 0 Å². The number of hydrogen-bond acceptors (Lipinski definition) is 2. The molecule has 0 spiro atoms. The average molecular weight is 309 g/mol. The molecule has 0 aliphatic rings. The minimum atomic E-state index is 0.922. The van der Waals surface area contributed by atoms with Crippen LogP contribution < -0.4 is 4.74 Å². The maximum Gasteiger partial charge on any atom is 0.127 e. The summed E-state index contributed by atoms with van der Waals surface area (Å²) in [6.45, 7) is 4.03. The van der Waals surface area contributed by atoms with Crippen molar-refractivity contribution in [3.63, 3.8) is 0 Å². The van der Waals surface area contributed by atoms with Gasteiger partial charge in [0.15, 0.2) is 0 Å². The lowest BCUT2D eigenvalue weighted by Crippen LogP contribution is -1.95. The molecule has 0 amide bonds. The summed E-state index contributed by atoms with van der Waals surface area (Å²) in [6, 6.07) is 6.32. The van der Waals surface area contributed by atoms with Crippen molar-refractivity contribution in [2.45, 2.75) is 26.7 Å². The van der Waals surface area contributed by atoms with Crippen LogP contribution in [0.5, 0.6) is 5.75 Å². The van der Waals surface area contributed by atoms with Crippen molar-refractivity contribution < 1.29 is 4.74 Å². The number of aryl methyl sites for hydroxylation is 4. The van der Waals surface area contributed by atoms with E-state index < -0.39 is 0 Å². The van der Waals surface area contributed by atoms with Crippen LogP contribution in [0.25, 0.3) is 0 Å². The molecule has 1 heterocycles. The molecule has 0 radical (unpaired) electrons. The van der Waals surface area contributed by atoms with Gasteiger partial charge in [-0.2, -0.15) is 0 Å². The summed E-state index contributed by atoms with van der Waals surface area (Å²) in [7, 11) is 1.70. The number of nitrogens with one attached hydrogen (secondary N) is 1. The van der Waals surface area contributed by atoms with E-state index >= 15 is 0 Å². The number of ether oxygens (including phenoxy) is 1. The molecule has 0 saturated heterocycles. The second kappa shape index (κ2) is 5.57. The highest BCUT2D eigenvalue weighted by Gasteiger charge is 2.06. The van der Waals surface area contributed by atoms with E-state index in [1.165, 1.54) is 11.1 Å². The lowest BCUT2D eigenvalue weighted by atomic mass is 10.1. The molecular weight excluding hydrogens is 292 g/mol. The van der Waals surface area contributed by atoms with E-state index in [2.05, 4.69) is 45.0 Å². The first-order valence-corrected chi connectivity index (χ1v) is 6.74. The molecule has 18 heavy (non-hydrogen) atoms. The molecule has 0 saturated carbocycles. The smallest absolute Gasteiger partial charge is 0.127 e. The van der Waals surface area contributed by atoms with Crippen LogP contribution in [0.15, 0.2) is 22.8 Å². The molecule has 1 aromatic heterocycles. The van der Waals surface area contributed by atoms with Crippen molar-refractivity contribution in [2.24, 2.45) is 0 Å². The van der Waals surface area contributed by atoms with Crippen molar-refractivity contribution in [2.75, 3.05) is 7.11 Å². The summed E-state index contributed by atoms with van der Waals surface area (Å²) in [6.07, 6.45) is 1.94. The zero-order chi connectivity index (χ0) is 13.1. The van der Waals surface area contributed by atoms with E-state index in [0.29, 0.717) is 0 Å². The first kappa shape index (κ1) is 13.1. The third kappa shape index (κ3) is 2.93. The van der Waals surface area contributed by atoms with Gasteiger partial charge in [0.05, 0.1) is 7.11 Å². The predicted molar refractivity (Wildman–Crippen MR) is 76.2 cm³/mol. The third-order valence-electron chi connectivity index (χ3n) is 2.97. The van der Waals surface area contributed by atoms with Crippen LogP contribution in [-0.2, 0) is 12.8 Å². The molecule has 1 N–H and O–H groups in total. The largest absolute Gasteiger partial charge is 0.496 e. The van der Waals surface area contributed by atoms with Gasteiger partial charge in [-0.3, -0.25) is 0 Å². The Morgan fingerprint density at radius 3 is 2.61 bits per heavy atom. The summed E-state index contributed by atoms with van der Waals surface area (Å²) in [5.74, 6) is 1.89. The number of benzene rings is 1. The molecule has 0 aliphatic carbocycles. The van der Waals surface area contributed by atoms with Gasteiger partial charge < -0.3 is 9.72 Å². The number of halogens is 1. The Morgan fingerprint density at radius 2 is 2.06 bits per heavy atom. The fourth-order valence-electron chi connectivity index (χ4n) is 2.04. The number of methoxy groups -OCH3 is 1. The quantitative estimate of drug-likeness (QED) is 0.937. The normalized spacial score (nSPS) is 10.7. The highest BCUT2D eigenvalue weighted by atomic mass is 79.9. The van der Waals surface area contributed by atoms with Crippen LogP contribution in [0.3, 0.4) is 0 Å². The number of rotatable bonds is 4. The summed E-state index contributed by atoms with van der Waals surface area (Å²) >= 11 is 3.47. The van der Waals surface area contributed by atoms with E-state index in [1.54, 1.807) is 7.11 Å². The van der Waals surface area contributed by atoms with Gasteiger partial charge in [0, 0.05) is 5.69 Å². The molecule has 3 nitrogen and oxygen atoms in total. The first-order valence-electron chi connectivity index (χ1n) is 5.94.